The Balaban J connectivity index is 2.35. The van der Waals surface area contributed by atoms with Gasteiger partial charge < -0.3 is 14.9 Å². The van der Waals surface area contributed by atoms with Crippen molar-refractivity contribution < 1.29 is 14.9 Å². The molecule has 0 heterocycles. The van der Waals surface area contributed by atoms with Crippen LogP contribution in [0.25, 0.3) is 0 Å². The molecule has 0 saturated heterocycles. The summed E-state index contributed by atoms with van der Waals surface area (Å²) in [6.45, 7) is 0. The zero-order chi connectivity index (χ0) is 15.4. The molecule has 0 aliphatic heterocycles. The zero-order valence-corrected chi connectivity index (χ0v) is 14.4. The van der Waals surface area contributed by atoms with Crippen molar-refractivity contribution in [1.82, 2.24) is 0 Å². The molecule has 0 saturated carbocycles. The number of ether oxygens (including phenoxy) is 1. The minimum atomic E-state index is 0.246. The van der Waals surface area contributed by atoms with E-state index in [0.29, 0.717) is 11.5 Å². The van der Waals surface area contributed by atoms with Crippen molar-refractivity contribution in [1.29, 1.82) is 0 Å². The predicted octanol–water partition coefficient (Wildman–Crippen LogP) is 5.06. The second-order valence-corrected chi connectivity index (χ2v) is 6.66. The summed E-state index contributed by atoms with van der Waals surface area (Å²) in [5.74, 6) is 1.86. The van der Waals surface area contributed by atoms with Gasteiger partial charge >= 0.3 is 0 Å². The molecule has 21 heavy (non-hydrogen) atoms. The first-order chi connectivity index (χ1) is 10.1. The van der Waals surface area contributed by atoms with Crippen LogP contribution in [0.3, 0.4) is 0 Å². The molecule has 0 aliphatic rings. The van der Waals surface area contributed by atoms with Gasteiger partial charge in [-0.1, -0.05) is 0 Å². The highest BCUT2D eigenvalue weighted by molar-refractivity contribution is 7.99. The largest absolute Gasteiger partial charge is 0.507 e. The van der Waals surface area contributed by atoms with E-state index in [9.17, 15) is 10.2 Å². The molecule has 0 bridgehead atoms. The van der Waals surface area contributed by atoms with E-state index in [0.717, 1.165) is 14.7 Å². The standard InChI is InChI=1S/C15H16O3S3/c1-19-12-6-9(4-5-11(12)16)18-10-7-13(20-2)15(17)14(8-10)21-3/h4-8,16-17H,1-3H3. The van der Waals surface area contributed by atoms with Crippen molar-refractivity contribution in [3.63, 3.8) is 0 Å². The fourth-order valence-corrected chi connectivity index (χ4v) is 3.44. The lowest BCUT2D eigenvalue weighted by Crippen LogP contribution is -1.87. The second kappa shape index (κ2) is 7.24. The van der Waals surface area contributed by atoms with E-state index in [1.165, 1.54) is 35.3 Å². The third-order valence-electron chi connectivity index (χ3n) is 2.84. The maximum absolute atomic E-state index is 10.1. The highest BCUT2D eigenvalue weighted by Gasteiger charge is 2.11. The number of phenols is 2. The summed E-state index contributed by atoms with van der Waals surface area (Å²) in [5, 5.41) is 19.7. The molecule has 2 N–H and O–H groups in total. The quantitative estimate of drug-likeness (QED) is 0.742. The summed E-state index contributed by atoms with van der Waals surface area (Å²) in [4.78, 5) is 2.32. The van der Waals surface area contributed by atoms with Crippen LogP contribution in [0.2, 0.25) is 0 Å². The molecule has 0 fully saturated rings. The van der Waals surface area contributed by atoms with Gasteiger partial charge in [-0.15, -0.1) is 35.3 Å². The van der Waals surface area contributed by atoms with Gasteiger partial charge in [0.2, 0.25) is 0 Å². The van der Waals surface area contributed by atoms with E-state index >= 15 is 0 Å². The number of hydrogen-bond acceptors (Lipinski definition) is 6. The number of hydrogen-bond donors (Lipinski definition) is 2. The van der Waals surface area contributed by atoms with Gasteiger partial charge in [0.15, 0.2) is 0 Å². The predicted molar refractivity (Wildman–Crippen MR) is 91.6 cm³/mol. The molecular formula is C15H16O3S3. The highest BCUT2D eigenvalue weighted by atomic mass is 32.2. The number of aromatic hydroxyl groups is 2. The van der Waals surface area contributed by atoms with E-state index in [4.69, 9.17) is 4.74 Å². The van der Waals surface area contributed by atoms with Gasteiger partial charge in [-0.25, -0.2) is 0 Å². The minimum absolute atomic E-state index is 0.246. The molecule has 0 amide bonds. The van der Waals surface area contributed by atoms with Gasteiger partial charge in [0.1, 0.15) is 23.0 Å². The van der Waals surface area contributed by atoms with Gasteiger partial charge in [-0.2, -0.15) is 0 Å². The Bertz CT molecular complexity index is 619. The lowest BCUT2D eigenvalue weighted by atomic mass is 10.3. The highest BCUT2D eigenvalue weighted by Crippen LogP contribution is 2.40. The van der Waals surface area contributed by atoms with Crippen molar-refractivity contribution >= 4 is 35.3 Å². The topological polar surface area (TPSA) is 49.7 Å². The minimum Gasteiger partial charge on any atom is -0.507 e. The molecule has 3 nitrogen and oxygen atoms in total. The van der Waals surface area contributed by atoms with E-state index in [1.54, 1.807) is 18.2 Å². The number of rotatable bonds is 5. The molecule has 6 heteroatoms. The first-order valence-electron chi connectivity index (χ1n) is 6.09. The van der Waals surface area contributed by atoms with Crippen molar-refractivity contribution in [2.45, 2.75) is 14.7 Å². The van der Waals surface area contributed by atoms with Crippen LogP contribution in [0.4, 0.5) is 0 Å². The Morgan fingerprint density at radius 1 is 0.762 bits per heavy atom. The molecule has 0 aliphatic carbocycles. The van der Waals surface area contributed by atoms with Crippen molar-refractivity contribution in [2.24, 2.45) is 0 Å². The van der Waals surface area contributed by atoms with Crippen LogP contribution >= 0.6 is 35.3 Å². The van der Waals surface area contributed by atoms with Crippen LogP contribution in [0.15, 0.2) is 45.0 Å². The number of benzene rings is 2. The molecule has 0 spiro atoms. The Kier molecular flexibility index (Phi) is 5.61. The summed E-state index contributed by atoms with van der Waals surface area (Å²) >= 11 is 4.40. The number of thioether (sulfide) groups is 3. The average Bonchev–Trinajstić information content (AvgIpc) is 2.50. The number of phenolic OH excluding ortho intramolecular Hbond substituents is 2. The van der Waals surface area contributed by atoms with Crippen LogP contribution < -0.4 is 4.74 Å². The van der Waals surface area contributed by atoms with Crippen LogP contribution in [0.1, 0.15) is 0 Å². The Morgan fingerprint density at radius 2 is 1.29 bits per heavy atom. The third kappa shape index (κ3) is 3.75. The van der Waals surface area contributed by atoms with Crippen LogP contribution in [0, 0.1) is 0 Å². The van der Waals surface area contributed by atoms with Crippen molar-refractivity contribution in [2.75, 3.05) is 18.8 Å². The van der Waals surface area contributed by atoms with E-state index in [-0.39, 0.29) is 11.5 Å². The summed E-state index contributed by atoms with van der Waals surface area (Å²) < 4.78 is 5.85. The normalized spacial score (nSPS) is 10.6. The molecule has 0 radical (unpaired) electrons. The SMILES string of the molecule is CSc1cc(Oc2cc(SC)c(O)c(SC)c2)ccc1O. The lowest BCUT2D eigenvalue weighted by Gasteiger charge is -2.12. The average molecular weight is 340 g/mol. The van der Waals surface area contributed by atoms with Gasteiger partial charge in [0.25, 0.3) is 0 Å². The van der Waals surface area contributed by atoms with Crippen molar-refractivity contribution in [3.8, 4) is 23.0 Å². The summed E-state index contributed by atoms with van der Waals surface area (Å²) in [6, 6.07) is 8.76. The Labute approximate surface area is 137 Å². The van der Waals surface area contributed by atoms with E-state index in [1.807, 2.05) is 30.9 Å². The first kappa shape index (κ1) is 16.3. The Hall–Kier alpha value is -1.11. The molecule has 2 aromatic carbocycles. The first-order valence-corrected chi connectivity index (χ1v) is 9.76. The Morgan fingerprint density at radius 3 is 1.81 bits per heavy atom. The second-order valence-electron chi connectivity index (χ2n) is 4.11. The third-order valence-corrected chi connectivity index (χ3v) is 5.11. The van der Waals surface area contributed by atoms with Crippen LogP contribution in [-0.2, 0) is 0 Å². The lowest BCUT2D eigenvalue weighted by molar-refractivity contribution is 0.436. The maximum Gasteiger partial charge on any atom is 0.142 e. The molecule has 2 aromatic rings. The van der Waals surface area contributed by atoms with Gasteiger partial charge in [0.05, 0.1) is 14.7 Å². The van der Waals surface area contributed by atoms with E-state index in [2.05, 4.69) is 0 Å². The fourth-order valence-electron chi connectivity index (χ4n) is 1.79. The van der Waals surface area contributed by atoms with Gasteiger partial charge in [-0.3, -0.25) is 0 Å². The molecule has 0 aromatic heterocycles. The summed E-state index contributed by atoms with van der Waals surface area (Å²) in [7, 11) is 0. The van der Waals surface area contributed by atoms with Gasteiger partial charge in [-0.05, 0) is 49.1 Å². The summed E-state index contributed by atoms with van der Waals surface area (Å²) in [5.41, 5.74) is 0. The summed E-state index contributed by atoms with van der Waals surface area (Å²) in [6.07, 6.45) is 5.72. The molecule has 2 rings (SSSR count). The zero-order valence-electron chi connectivity index (χ0n) is 11.9. The maximum atomic E-state index is 10.1. The molecule has 0 unspecified atom stereocenters. The van der Waals surface area contributed by atoms with E-state index < -0.39 is 0 Å². The van der Waals surface area contributed by atoms with Crippen molar-refractivity contribution in [3.05, 3.63) is 30.3 Å². The molecule has 112 valence electrons. The van der Waals surface area contributed by atoms with Crippen LogP contribution in [-0.4, -0.2) is 29.0 Å². The molecular weight excluding hydrogens is 324 g/mol. The van der Waals surface area contributed by atoms with Crippen LogP contribution in [0.5, 0.6) is 23.0 Å². The smallest absolute Gasteiger partial charge is 0.142 e. The molecule has 0 atom stereocenters. The fraction of sp³-hybridized carbons (Fsp3) is 0.200. The van der Waals surface area contributed by atoms with Gasteiger partial charge in [0, 0.05) is 0 Å². The monoisotopic (exact) mass is 340 g/mol.